The van der Waals surface area contributed by atoms with Gasteiger partial charge >= 0.3 is 6.09 Å². The number of rotatable bonds is 5. The number of carbonyl (C=O) groups excluding carboxylic acids is 2. The van der Waals surface area contributed by atoms with Crippen LogP contribution in [0.25, 0.3) is 0 Å². The van der Waals surface area contributed by atoms with Crippen LogP contribution in [0.15, 0.2) is 18.2 Å². The van der Waals surface area contributed by atoms with Gasteiger partial charge in [-0.3, -0.25) is 9.63 Å². The summed E-state index contributed by atoms with van der Waals surface area (Å²) >= 11 is 0. The predicted molar refractivity (Wildman–Crippen MR) is 83.0 cm³/mol. The third-order valence-electron chi connectivity index (χ3n) is 2.94. The number of hydrogen-bond acceptors (Lipinski definition) is 4. The normalized spacial score (nSPS) is 12.5. The number of halogens is 2. The fraction of sp³-hybridized carbons (Fsp3) is 0.500. The molecule has 1 atom stereocenters. The number of hydroxylamine groups is 2. The number of carbonyl (C=O) groups is 2. The SMILES string of the molecule is CON(C)C(=O)C(Cc1cc(F)cc(F)c1)NC(=O)OC(C)(C)C. The van der Waals surface area contributed by atoms with Crippen LogP contribution in [0.3, 0.4) is 0 Å². The van der Waals surface area contributed by atoms with E-state index in [4.69, 9.17) is 9.57 Å². The molecule has 0 radical (unpaired) electrons. The molecular formula is C16H22F2N2O4. The number of alkyl carbamates (subject to hydrolysis) is 1. The van der Waals surface area contributed by atoms with Gasteiger partial charge in [0.1, 0.15) is 23.3 Å². The van der Waals surface area contributed by atoms with Crippen LogP contribution in [0.4, 0.5) is 13.6 Å². The van der Waals surface area contributed by atoms with Gasteiger partial charge in [-0.1, -0.05) is 0 Å². The standard InChI is InChI=1S/C16H22F2N2O4/c1-16(2,3)24-15(22)19-13(14(21)20(4)23-5)8-10-6-11(17)9-12(18)7-10/h6-7,9,13H,8H2,1-5H3,(H,19,22). The van der Waals surface area contributed by atoms with Gasteiger partial charge in [0.25, 0.3) is 5.91 Å². The maximum atomic E-state index is 13.3. The van der Waals surface area contributed by atoms with Crippen LogP contribution < -0.4 is 5.32 Å². The lowest BCUT2D eigenvalue weighted by Crippen LogP contribution is -2.49. The van der Waals surface area contributed by atoms with E-state index in [1.807, 2.05) is 0 Å². The van der Waals surface area contributed by atoms with Crippen molar-refractivity contribution in [3.63, 3.8) is 0 Å². The third-order valence-corrected chi connectivity index (χ3v) is 2.94. The van der Waals surface area contributed by atoms with Crippen molar-refractivity contribution in [1.29, 1.82) is 0 Å². The molecule has 0 aliphatic carbocycles. The summed E-state index contributed by atoms with van der Waals surface area (Å²) < 4.78 is 31.7. The van der Waals surface area contributed by atoms with Crippen LogP contribution in [0.1, 0.15) is 26.3 Å². The summed E-state index contributed by atoms with van der Waals surface area (Å²) in [5.41, 5.74) is -0.540. The largest absolute Gasteiger partial charge is 0.444 e. The minimum atomic E-state index is -1.11. The van der Waals surface area contributed by atoms with Crippen molar-refractivity contribution in [2.24, 2.45) is 0 Å². The molecule has 1 N–H and O–H groups in total. The highest BCUT2D eigenvalue weighted by Gasteiger charge is 2.27. The van der Waals surface area contributed by atoms with Gasteiger partial charge in [-0.05, 0) is 38.5 Å². The number of likely N-dealkylation sites (N-methyl/N-ethyl adjacent to an activating group) is 1. The molecule has 1 aromatic carbocycles. The van der Waals surface area contributed by atoms with Crippen LogP contribution in [0.5, 0.6) is 0 Å². The quantitative estimate of drug-likeness (QED) is 0.833. The monoisotopic (exact) mass is 344 g/mol. The average Bonchev–Trinajstić information content (AvgIpc) is 2.41. The first-order valence-corrected chi connectivity index (χ1v) is 7.28. The Morgan fingerprint density at radius 1 is 1.21 bits per heavy atom. The maximum Gasteiger partial charge on any atom is 0.408 e. The zero-order valence-corrected chi connectivity index (χ0v) is 14.4. The minimum Gasteiger partial charge on any atom is -0.444 e. The number of ether oxygens (including phenoxy) is 1. The van der Waals surface area contributed by atoms with E-state index in [-0.39, 0.29) is 12.0 Å². The van der Waals surface area contributed by atoms with Gasteiger partial charge in [-0.2, -0.15) is 0 Å². The van der Waals surface area contributed by atoms with Crippen LogP contribution in [-0.4, -0.2) is 42.9 Å². The van der Waals surface area contributed by atoms with Gasteiger partial charge in [-0.25, -0.2) is 18.6 Å². The van der Waals surface area contributed by atoms with E-state index in [2.05, 4.69) is 5.32 Å². The summed E-state index contributed by atoms with van der Waals surface area (Å²) in [4.78, 5) is 29.0. The molecule has 2 amide bonds. The number of hydrogen-bond donors (Lipinski definition) is 1. The molecule has 0 heterocycles. The van der Waals surface area contributed by atoms with Crippen LogP contribution in [0, 0.1) is 11.6 Å². The molecule has 6 nitrogen and oxygen atoms in total. The molecule has 24 heavy (non-hydrogen) atoms. The molecule has 0 bridgehead atoms. The molecule has 0 saturated heterocycles. The highest BCUT2D eigenvalue weighted by Crippen LogP contribution is 2.13. The van der Waals surface area contributed by atoms with E-state index < -0.39 is 35.3 Å². The number of benzene rings is 1. The molecule has 1 rings (SSSR count). The van der Waals surface area contributed by atoms with Crippen LogP contribution in [-0.2, 0) is 20.8 Å². The first-order chi connectivity index (χ1) is 11.0. The number of nitrogens with zero attached hydrogens (tertiary/aromatic N) is 1. The van der Waals surface area contributed by atoms with Crippen molar-refractivity contribution in [3.05, 3.63) is 35.4 Å². The van der Waals surface area contributed by atoms with Crippen LogP contribution >= 0.6 is 0 Å². The van der Waals surface area contributed by atoms with E-state index in [1.54, 1.807) is 20.8 Å². The Hall–Kier alpha value is -2.22. The molecule has 134 valence electrons. The first-order valence-electron chi connectivity index (χ1n) is 7.28. The smallest absolute Gasteiger partial charge is 0.408 e. The van der Waals surface area contributed by atoms with Gasteiger partial charge < -0.3 is 10.1 Å². The lowest BCUT2D eigenvalue weighted by atomic mass is 10.0. The topological polar surface area (TPSA) is 67.9 Å². The Morgan fingerprint density at radius 2 is 1.75 bits per heavy atom. The van der Waals surface area contributed by atoms with Gasteiger partial charge in [0, 0.05) is 19.5 Å². The van der Waals surface area contributed by atoms with E-state index in [9.17, 15) is 18.4 Å². The van der Waals surface area contributed by atoms with Gasteiger partial charge in [0.15, 0.2) is 0 Å². The second-order valence-corrected chi connectivity index (χ2v) is 6.20. The van der Waals surface area contributed by atoms with Gasteiger partial charge in [0.2, 0.25) is 0 Å². The lowest BCUT2D eigenvalue weighted by molar-refractivity contribution is -0.171. The van der Waals surface area contributed by atoms with Crippen molar-refractivity contribution >= 4 is 12.0 Å². The molecule has 0 aliphatic heterocycles. The Labute approximate surface area is 139 Å². The summed E-state index contributed by atoms with van der Waals surface area (Å²) in [5, 5.41) is 3.31. The Bertz CT molecular complexity index is 582. The average molecular weight is 344 g/mol. The summed E-state index contributed by atoms with van der Waals surface area (Å²) in [7, 11) is 2.64. The Balaban J connectivity index is 2.96. The second-order valence-electron chi connectivity index (χ2n) is 6.20. The molecule has 8 heteroatoms. The molecular weight excluding hydrogens is 322 g/mol. The summed E-state index contributed by atoms with van der Waals surface area (Å²) in [6.45, 7) is 5.02. The third kappa shape index (κ3) is 6.49. The van der Waals surface area contributed by atoms with E-state index >= 15 is 0 Å². The fourth-order valence-corrected chi connectivity index (χ4v) is 1.92. The van der Waals surface area contributed by atoms with E-state index in [0.29, 0.717) is 0 Å². The minimum absolute atomic E-state index is 0.125. The maximum absolute atomic E-state index is 13.3. The molecule has 0 spiro atoms. The van der Waals surface area contributed by atoms with E-state index in [1.165, 1.54) is 14.2 Å². The van der Waals surface area contributed by atoms with Crippen molar-refractivity contribution in [2.75, 3.05) is 14.2 Å². The summed E-state index contributed by atoms with van der Waals surface area (Å²) in [6.07, 6.45) is -0.942. The number of amides is 2. The number of nitrogens with one attached hydrogen (secondary N) is 1. The first kappa shape index (κ1) is 19.8. The second kappa shape index (κ2) is 8.05. The lowest BCUT2D eigenvalue weighted by Gasteiger charge is -2.25. The predicted octanol–water partition coefficient (Wildman–Crippen LogP) is 2.42. The summed E-state index contributed by atoms with van der Waals surface area (Å²) in [6, 6.07) is 1.80. The highest BCUT2D eigenvalue weighted by molar-refractivity contribution is 5.85. The molecule has 0 fully saturated rings. The Kier molecular flexibility index (Phi) is 6.65. The highest BCUT2D eigenvalue weighted by atomic mass is 19.1. The fourth-order valence-electron chi connectivity index (χ4n) is 1.92. The zero-order valence-electron chi connectivity index (χ0n) is 14.4. The van der Waals surface area contributed by atoms with Crippen molar-refractivity contribution in [2.45, 2.75) is 38.8 Å². The molecule has 0 aliphatic rings. The van der Waals surface area contributed by atoms with Crippen molar-refractivity contribution in [1.82, 2.24) is 10.4 Å². The van der Waals surface area contributed by atoms with Crippen molar-refractivity contribution in [3.8, 4) is 0 Å². The van der Waals surface area contributed by atoms with Gasteiger partial charge in [-0.15, -0.1) is 0 Å². The molecule has 0 aromatic heterocycles. The van der Waals surface area contributed by atoms with E-state index in [0.717, 1.165) is 23.3 Å². The molecule has 0 saturated carbocycles. The molecule has 1 unspecified atom stereocenters. The Morgan fingerprint density at radius 3 is 2.21 bits per heavy atom. The van der Waals surface area contributed by atoms with Crippen molar-refractivity contribution < 1.29 is 27.9 Å². The molecule has 1 aromatic rings. The summed E-state index contributed by atoms with van der Waals surface area (Å²) in [5.74, 6) is -2.13. The zero-order chi connectivity index (χ0) is 18.5. The van der Waals surface area contributed by atoms with Gasteiger partial charge in [0.05, 0.1) is 7.11 Å². The van der Waals surface area contributed by atoms with Crippen LogP contribution in [0.2, 0.25) is 0 Å².